The molecule has 330 valence electrons. The van der Waals surface area contributed by atoms with Crippen LogP contribution in [0.2, 0.25) is 0 Å². The number of nitrogens with zero attached hydrogens (tertiary/aromatic N) is 1. The monoisotopic (exact) mass is 870 g/mol. The molecule has 5 aliphatic rings. The van der Waals surface area contributed by atoms with Crippen LogP contribution < -0.4 is 15.1 Å². The summed E-state index contributed by atoms with van der Waals surface area (Å²) in [5.41, 5.74) is 25.0. The maximum absolute atomic E-state index is 2.70. The molecule has 0 N–H and O–H groups in total. The predicted octanol–water partition coefficient (Wildman–Crippen LogP) is 16.0. The van der Waals surface area contributed by atoms with Crippen LogP contribution >= 0.6 is 11.3 Å². The zero-order valence-electron chi connectivity index (χ0n) is 41.4. The molecular weight excluding hydrogens is 802 g/mol. The first-order chi connectivity index (χ1) is 30.7. The third-order valence-corrected chi connectivity index (χ3v) is 18.3. The standard InChI is InChI=1S/C62H68BNS/c1-37-31-44-54(38(2)40-23-25-45-46(33-40)60(8,9)28-27-59(45,6)7)55-43-35-47-48(62(12,13)30-29-61(47,10)11)36-53(43)65-57(55)63-49-34-41(58(3,4)5)24-26-51(49)64(52(32-37)56(44)63)50-22-18-17-21-42(50)39-19-15-14-16-20-39/h14-26,32-36,44H,27-31H2,1-13H3/b54-38-/t44-/m1/s1. The van der Waals surface area contributed by atoms with Crippen molar-refractivity contribution in [2.24, 2.45) is 5.92 Å². The predicted molar refractivity (Wildman–Crippen MR) is 284 cm³/mol. The molecule has 1 nitrogen and oxygen atoms in total. The summed E-state index contributed by atoms with van der Waals surface area (Å²) in [7, 11) is 0. The van der Waals surface area contributed by atoms with Crippen molar-refractivity contribution in [3.05, 3.63) is 165 Å². The van der Waals surface area contributed by atoms with E-state index >= 15 is 0 Å². The van der Waals surface area contributed by atoms with Gasteiger partial charge in [0, 0.05) is 27.6 Å². The first-order valence-corrected chi connectivity index (χ1v) is 25.5. The molecule has 3 heterocycles. The summed E-state index contributed by atoms with van der Waals surface area (Å²) in [6.45, 7) is 32.0. The first-order valence-electron chi connectivity index (χ1n) is 24.6. The molecule has 1 aromatic heterocycles. The average molecular weight is 870 g/mol. The lowest BCUT2D eigenvalue weighted by Crippen LogP contribution is -2.55. The summed E-state index contributed by atoms with van der Waals surface area (Å²) < 4.78 is 2.99. The fourth-order valence-electron chi connectivity index (χ4n) is 12.9. The highest BCUT2D eigenvalue weighted by Gasteiger charge is 2.50. The van der Waals surface area contributed by atoms with E-state index in [1.54, 1.807) is 22.2 Å². The SMILES string of the molecule is CC1=CC2=C3B(c4cc(C(C)(C)C)ccc4N2c2ccccc2-c2ccccc2)c2sc4cc5c(cc4c2/C(=C(/C)c2ccc4c(c2)C(C)(C)CCC4(C)C)[C@H]3C1)C(C)(C)CCC5(C)C. The molecule has 0 fully saturated rings. The number of fused-ring (bicyclic) bond motifs is 8. The van der Waals surface area contributed by atoms with Gasteiger partial charge in [-0.1, -0.05) is 166 Å². The zero-order chi connectivity index (χ0) is 45.7. The summed E-state index contributed by atoms with van der Waals surface area (Å²) in [6.07, 6.45) is 8.46. The summed E-state index contributed by atoms with van der Waals surface area (Å²) in [5.74, 6) is 0.226. The molecule has 3 heteroatoms. The molecule has 2 aliphatic heterocycles. The molecule has 0 unspecified atom stereocenters. The van der Waals surface area contributed by atoms with E-state index in [0.717, 1.165) is 6.42 Å². The van der Waals surface area contributed by atoms with Gasteiger partial charge in [0.25, 0.3) is 6.71 Å². The Hall–Kier alpha value is -4.86. The molecule has 5 aromatic carbocycles. The molecule has 3 aliphatic carbocycles. The third-order valence-electron chi connectivity index (χ3n) is 17.1. The van der Waals surface area contributed by atoms with Gasteiger partial charge in [0.05, 0.1) is 5.69 Å². The topological polar surface area (TPSA) is 3.24 Å². The zero-order valence-corrected chi connectivity index (χ0v) is 42.3. The van der Waals surface area contributed by atoms with Gasteiger partial charge in [-0.2, -0.15) is 0 Å². The van der Waals surface area contributed by atoms with Crippen LogP contribution in [0, 0.1) is 5.92 Å². The highest BCUT2D eigenvalue weighted by Crippen LogP contribution is 2.56. The Bertz CT molecular complexity index is 3080. The Morgan fingerprint density at radius 1 is 0.662 bits per heavy atom. The van der Waals surface area contributed by atoms with Gasteiger partial charge in [0.2, 0.25) is 0 Å². The van der Waals surface area contributed by atoms with Crippen LogP contribution in [0.15, 0.2) is 126 Å². The largest absolute Gasteiger partial charge is 0.311 e. The molecule has 1 atom stereocenters. The van der Waals surface area contributed by atoms with Crippen molar-refractivity contribution in [2.45, 2.75) is 149 Å². The number of rotatable bonds is 3. The van der Waals surface area contributed by atoms with Crippen LogP contribution in [0.3, 0.4) is 0 Å². The number of hydrogen-bond acceptors (Lipinski definition) is 2. The number of thiophene rings is 1. The second-order valence-corrected chi connectivity index (χ2v) is 25.4. The van der Waals surface area contributed by atoms with Crippen LogP contribution in [0.5, 0.6) is 0 Å². The smallest absolute Gasteiger partial charge is 0.256 e. The Labute approximate surface area is 394 Å². The molecule has 65 heavy (non-hydrogen) atoms. The van der Waals surface area contributed by atoms with Crippen LogP contribution in [-0.4, -0.2) is 6.71 Å². The van der Waals surface area contributed by atoms with Gasteiger partial charge in [-0.05, 0) is 175 Å². The van der Waals surface area contributed by atoms with Crippen molar-refractivity contribution >= 4 is 60.9 Å². The second-order valence-electron chi connectivity index (χ2n) is 24.3. The Balaban J connectivity index is 1.27. The Kier molecular flexibility index (Phi) is 9.42. The van der Waals surface area contributed by atoms with E-state index in [2.05, 4.69) is 215 Å². The normalized spacial score (nSPS) is 21.8. The fraction of sp³-hybridized carbons (Fsp3) is 0.387. The van der Waals surface area contributed by atoms with E-state index < -0.39 is 0 Å². The van der Waals surface area contributed by atoms with Crippen molar-refractivity contribution in [3.63, 3.8) is 0 Å². The van der Waals surface area contributed by atoms with Gasteiger partial charge in [-0.25, -0.2) is 0 Å². The summed E-state index contributed by atoms with van der Waals surface area (Å²) in [6, 6.07) is 40.7. The van der Waals surface area contributed by atoms with E-state index in [-0.39, 0.29) is 39.7 Å². The maximum atomic E-state index is 2.70. The van der Waals surface area contributed by atoms with Gasteiger partial charge in [0.15, 0.2) is 0 Å². The van der Waals surface area contributed by atoms with Crippen molar-refractivity contribution < 1.29 is 0 Å². The lowest BCUT2D eigenvalue weighted by Gasteiger charge is -2.47. The van der Waals surface area contributed by atoms with Crippen molar-refractivity contribution in [2.75, 3.05) is 4.90 Å². The van der Waals surface area contributed by atoms with Crippen LogP contribution in [-0.2, 0) is 27.1 Å². The van der Waals surface area contributed by atoms with Gasteiger partial charge < -0.3 is 4.90 Å². The van der Waals surface area contributed by atoms with E-state index in [1.165, 1.54) is 113 Å². The quantitative estimate of drug-likeness (QED) is 0.160. The van der Waals surface area contributed by atoms with Crippen molar-refractivity contribution in [1.82, 2.24) is 0 Å². The minimum Gasteiger partial charge on any atom is -0.311 e. The molecule has 6 aromatic rings. The molecule has 0 bridgehead atoms. The van der Waals surface area contributed by atoms with Crippen molar-refractivity contribution in [1.29, 1.82) is 0 Å². The van der Waals surface area contributed by atoms with Crippen LogP contribution in [0.4, 0.5) is 11.4 Å². The molecule has 0 spiro atoms. The number of para-hydroxylation sites is 1. The minimum atomic E-state index is 0.00322. The molecular formula is C62H68BNS. The van der Waals surface area contributed by atoms with E-state index in [0.29, 0.717) is 0 Å². The van der Waals surface area contributed by atoms with E-state index in [4.69, 9.17) is 0 Å². The number of allylic oxidation sites excluding steroid dienone is 5. The van der Waals surface area contributed by atoms with Gasteiger partial charge >= 0.3 is 0 Å². The molecule has 0 amide bonds. The second kappa shape index (κ2) is 14.3. The van der Waals surface area contributed by atoms with Crippen LogP contribution in [0.1, 0.15) is 161 Å². The highest BCUT2D eigenvalue weighted by atomic mass is 32.1. The Morgan fingerprint density at radius 3 is 1.95 bits per heavy atom. The lowest BCUT2D eigenvalue weighted by molar-refractivity contribution is 0.332. The van der Waals surface area contributed by atoms with Gasteiger partial charge in [-0.15, -0.1) is 11.3 Å². The molecule has 0 saturated carbocycles. The number of hydrogen-bond donors (Lipinski definition) is 0. The summed E-state index contributed by atoms with van der Waals surface area (Å²) in [5, 5.41) is 1.47. The average Bonchev–Trinajstić information content (AvgIpc) is 3.64. The summed E-state index contributed by atoms with van der Waals surface area (Å²) >= 11 is 2.10. The van der Waals surface area contributed by atoms with Crippen molar-refractivity contribution in [3.8, 4) is 11.1 Å². The molecule has 0 radical (unpaired) electrons. The summed E-state index contributed by atoms with van der Waals surface area (Å²) in [4.78, 5) is 2.67. The fourth-order valence-corrected chi connectivity index (χ4v) is 14.2. The minimum absolute atomic E-state index is 0.00322. The highest BCUT2D eigenvalue weighted by molar-refractivity contribution is 7.32. The Morgan fingerprint density at radius 2 is 1.28 bits per heavy atom. The van der Waals surface area contributed by atoms with E-state index in [1.807, 2.05) is 0 Å². The van der Waals surface area contributed by atoms with E-state index in [9.17, 15) is 0 Å². The molecule has 0 saturated heterocycles. The molecule has 11 rings (SSSR count). The van der Waals surface area contributed by atoms with Gasteiger partial charge in [0.1, 0.15) is 0 Å². The third kappa shape index (κ3) is 6.52. The lowest BCUT2D eigenvalue weighted by atomic mass is 9.31. The van der Waals surface area contributed by atoms with Gasteiger partial charge in [-0.3, -0.25) is 0 Å². The number of anilines is 2. The maximum Gasteiger partial charge on any atom is 0.256 e. The number of benzene rings is 5. The van der Waals surface area contributed by atoms with Crippen LogP contribution in [0.25, 0.3) is 32.4 Å². The first kappa shape index (κ1) is 42.8.